The molecule has 2 aromatic rings. The first-order chi connectivity index (χ1) is 8.64. The van der Waals surface area contributed by atoms with Crippen LogP contribution in [0, 0.1) is 0 Å². The number of hydrogen-bond donors (Lipinski definition) is 0. The Labute approximate surface area is 107 Å². The van der Waals surface area contributed by atoms with Crippen LogP contribution < -0.4 is 5.59 Å². The SMILES string of the molecule is CC1(C)COB(c2cccc(-n3cccc3)n2)O1. The maximum Gasteiger partial charge on any atom is 0.514 e. The van der Waals surface area contributed by atoms with Crippen LogP contribution in [0.4, 0.5) is 0 Å². The molecule has 0 bridgehead atoms. The van der Waals surface area contributed by atoms with Crippen molar-refractivity contribution in [1.82, 2.24) is 9.55 Å². The van der Waals surface area contributed by atoms with E-state index in [9.17, 15) is 0 Å². The molecule has 92 valence electrons. The lowest BCUT2D eigenvalue weighted by molar-refractivity contribution is 0.137. The van der Waals surface area contributed by atoms with Crippen molar-refractivity contribution in [2.75, 3.05) is 6.61 Å². The molecule has 2 aromatic heterocycles. The third-order valence-corrected chi connectivity index (χ3v) is 2.87. The van der Waals surface area contributed by atoms with E-state index in [0.29, 0.717) is 6.61 Å². The highest BCUT2D eigenvalue weighted by Crippen LogP contribution is 2.19. The highest BCUT2D eigenvalue weighted by Gasteiger charge is 2.39. The second-order valence-corrected chi connectivity index (χ2v) is 5.03. The molecule has 0 amide bonds. The highest BCUT2D eigenvalue weighted by molar-refractivity contribution is 6.60. The first-order valence-corrected chi connectivity index (χ1v) is 6.04. The van der Waals surface area contributed by atoms with E-state index in [-0.39, 0.29) is 12.7 Å². The minimum atomic E-state index is -0.365. The maximum absolute atomic E-state index is 5.81. The number of nitrogens with zero attached hydrogens (tertiary/aromatic N) is 2. The summed E-state index contributed by atoms with van der Waals surface area (Å²) in [5.74, 6) is 0.870. The standard InChI is InChI=1S/C13H15BN2O2/c1-13(2)10-17-14(18-13)11-6-5-7-12(15-11)16-8-3-4-9-16/h3-9H,10H2,1-2H3. The Hall–Kier alpha value is -1.59. The monoisotopic (exact) mass is 242 g/mol. The molecular formula is C13H15BN2O2. The summed E-state index contributed by atoms with van der Waals surface area (Å²) < 4.78 is 13.4. The Morgan fingerprint density at radius 1 is 1.22 bits per heavy atom. The zero-order chi connectivity index (χ0) is 12.6. The van der Waals surface area contributed by atoms with Gasteiger partial charge < -0.3 is 13.9 Å². The molecule has 0 aliphatic carbocycles. The van der Waals surface area contributed by atoms with Gasteiger partial charge in [0.25, 0.3) is 0 Å². The fourth-order valence-electron chi connectivity index (χ4n) is 1.98. The van der Waals surface area contributed by atoms with Crippen LogP contribution >= 0.6 is 0 Å². The molecule has 3 rings (SSSR count). The van der Waals surface area contributed by atoms with Gasteiger partial charge in [-0.1, -0.05) is 6.07 Å². The summed E-state index contributed by atoms with van der Waals surface area (Å²) in [7, 11) is -0.365. The normalized spacial score (nSPS) is 18.2. The molecule has 0 spiro atoms. The molecule has 0 radical (unpaired) electrons. The molecule has 0 saturated carbocycles. The summed E-state index contributed by atoms with van der Waals surface area (Å²) in [5.41, 5.74) is 0.572. The number of rotatable bonds is 2. The highest BCUT2D eigenvalue weighted by atomic mass is 16.7. The molecule has 0 atom stereocenters. The fourth-order valence-corrected chi connectivity index (χ4v) is 1.98. The minimum Gasteiger partial charge on any atom is -0.403 e. The minimum absolute atomic E-state index is 0.240. The number of aromatic nitrogens is 2. The molecule has 0 unspecified atom stereocenters. The summed E-state index contributed by atoms with van der Waals surface area (Å²) in [6.07, 6.45) is 3.93. The Kier molecular flexibility index (Phi) is 2.72. The zero-order valence-corrected chi connectivity index (χ0v) is 10.5. The predicted octanol–water partition coefficient (Wildman–Crippen LogP) is 1.39. The van der Waals surface area contributed by atoms with E-state index in [0.717, 1.165) is 11.4 Å². The van der Waals surface area contributed by atoms with E-state index in [1.807, 2.05) is 61.1 Å². The van der Waals surface area contributed by atoms with Crippen LogP contribution in [0.5, 0.6) is 0 Å². The summed E-state index contributed by atoms with van der Waals surface area (Å²) >= 11 is 0. The quantitative estimate of drug-likeness (QED) is 0.746. The van der Waals surface area contributed by atoms with Crippen LogP contribution in [0.3, 0.4) is 0 Å². The van der Waals surface area contributed by atoms with Crippen LogP contribution in [0.25, 0.3) is 5.82 Å². The molecule has 18 heavy (non-hydrogen) atoms. The second kappa shape index (κ2) is 4.26. The Balaban J connectivity index is 1.88. The second-order valence-electron chi connectivity index (χ2n) is 5.03. The van der Waals surface area contributed by atoms with Gasteiger partial charge in [0.15, 0.2) is 0 Å². The molecule has 5 heteroatoms. The van der Waals surface area contributed by atoms with Crippen molar-refractivity contribution in [2.24, 2.45) is 0 Å². The van der Waals surface area contributed by atoms with E-state index >= 15 is 0 Å². The van der Waals surface area contributed by atoms with Crippen LogP contribution in [0.15, 0.2) is 42.7 Å². The Morgan fingerprint density at radius 3 is 2.67 bits per heavy atom. The molecule has 4 nitrogen and oxygen atoms in total. The third kappa shape index (κ3) is 2.19. The lowest BCUT2D eigenvalue weighted by atomic mass is 9.84. The summed E-state index contributed by atoms with van der Waals surface area (Å²) in [6, 6.07) is 9.80. The van der Waals surface area contributed by atoms with E-state index in [4.69, 9.17) is 9.31 Å². The van der Waals surface area contributed by atoms with Gasteiger partial charge in [-0.05, 0) is 38.1 Å². The van der Waals surface area contributed by atoms with Crippen molar-refractivity contribution in [2.45, 2.75) is 19.4 Å². The Bertz CT molecular complexity index is 540. The molecule has 0 aromatic carbocycles. The lowest BCUT2D eigenvalue weighted by Crippen LogP contribution is -2.37. The first kappa shape index (κ1) is 11.5. The third-order valence-electron chi connectivity index (χ3n) is 2.87. The van der Waals surface area contributed by atoms with Crippen molar-refractivity contribution in [1.29, 1.82) is 0 Å². The molecule has 1 fully saturated rings. The topological polar surface area (TPSA) is 36.3 Å². The average molecular weight is 242 g/mol. The van der Waals surface area contributed by atoms with Crippen molar-refractivity contribution in [3.8, 4) is 5.82 Å². The molecule has 0 N–H and O–H groups in total. The summed E-state index contributed by atoms with van der Waals surface area (Å²) in [4.78, 5) is 4.58. The lowest BCUT2D eigenvalue weighted by Gasteiger charge is -2.15. The maximum atomic E-state index is 5.81. The van der Waals surface area contributed by atoms with Gasteiger partial charge in [0.2, 0.25) is 0 Å². The van der Waals surface area contributed by atoms with Gasteiger partial charge in [-0.2, -0.15) is 0 Å². The summed E-state index contributed by atoms with van der Waals surface area (Å²) in [5, 5.41) is 0. The fraction of sp³-hybridized carbons (Fsp3) is 0.308. The molecule has 1 saturated heterocycles. The average Bonchev–Trinajstić information content (AvgIpc) is 2.98. The van der Waals surface area contributed by atoms with Crippen LogP contribution in [0.1, 0.15) is 13.8 Å². The molecule has 1 aliphatic heterocycles. The predicted molar refractivity (Wildman–Crippen MR) is 70.1 cm³/mol. The van der Waals surface area contributed by atoms with Crippen molar-refractivity contribution in [3.63, 3.8) is 0 Å². The molecule has 3 heterocycles. The van der Waals surface area contributed by atoms with Crippen molar-refractivity contribution < 1.29 is 9.31 Å². The van der Waals surface area contributed by atoms with Gasteiger partial charge in [-0.25, -0.2) is 4.98 Å². The van der Waals surface area contributed by atoms with Gasteiger partial charge in [0.05, 0.1) is 17.8 Å². The van der Waals surface area contributed by atoms with Crippen LogP contribution in [-0.4, -0.2) is 28.9 Å². The van der Waals surface area contributed by atoms with Gasteiger partial charge in [0.1, 0.15) is 5.82 Å². The molecule has 1 aliphatic rings. The van der Waals surface area contributed by atoms with E-state index in [1.165, 1.54) is 0 Å². The molecular weight excluding hydrogens is 227 g/mol. The van der Waals surface area contributed by atoms with Gasteiger partial charge in [0, 0.05) is 12.4 Å². The number of hydrogen-bond acceptors (Lipinski definition) is 3. The van der Waals surface area contributed by atoms with E-state index < -0.39 is 0 Å². The van der Waals surface area contributed by atoms with Gasteiger partial charge >= 0.3 is 7.12 Å². The van der Waals surface area contributed by atoms with Crippen molar-refractivity contribution in [3.05, 3.63) is 42.7 Å². The van der Waals surface area contributed by atoms with Crippen LogP contribution in [-0.2, 0) is 9.31 Å². The van der Waals surface area contributed by atoms with Crippen molar-refractivity contribution >= 4 is 12.7 Å². The van der Waals surface area contributed by atoms with E-state index in [2.05, 4.69) is 4.98 Å². The van der Waals surface area contributed by atoms with Gasteiger partial charge in [-0.15, -0.1) is 0 Å². The van der Waals surface area contributed by atoms with Gasteiger partial charge in [-0.3, -0.25) is 0 Å². The van der Waals surface area contributed by atoms with Crippen LogP contribution in [0.2, 0.25) is 0 Å². The first-order valence-electron chi connectivity index (χ1n) is 6.04. The smallest absolute Gasteiger partial charge is 0.403 e. The summed E-state index contributed by atoms with van der Waals surface area (Å²) in [6.45, 7) is 4.62. The largest absolute Gasteiger partial charge is 0.514 e. The number of pyridine rings is 1. The Morgan fingerprint density at radius 2 is 2.00 bits per heavy atom. The van der Waals surface area contributed by atoms with E-state index in [1.54, 1.807) is 0 Å². The zero-order valence-electron chi connectivity index (χ0n) is 10.5.